The lowest BCUT2D eigenvalue weighted by molar-refractivity contribution is 0.290. The molecule has 108 valence electrons. The lowest BCUT2D eigenvalue weighted by Crippen LogP contribution is -2.35. The van der Waals surface area contributed by atoms with Crippen LogP contribution in [0.25, 0.3) is 0 Å². The fourth-order valence-corrected chi connectivity index (χ4v) is 5.64. The summed E-state index contributed by atoms with van der Waals surface area (Å²) in [7, 11) is -3.36. The van der Waals surface area contributed by atoms with E-state index in [-0.39, 0.29) is 0 Å². The lowest BCUT2D eigenvalue weighted by atomic mass is 10.2. The van der Waals surface area contributed by atoms with Crippen molar-refractivity contribution in [3.63, 3.8) is 0 Å². The van der Waals surface area contributed by atoms with Crippen molar-refractivity contribution >= 4 is 37.3 Å². The number of sulfonamides is 1. The van der Waals surface area contributed by atoms with Crippen LogP contribution >= 0.6 is 27.3 Å². The summed E-state index contributed by atoms with van der Waals surface area (Å²) in [5.74, 6) is 0. The van der Waals surface area contributed by atoms with Crippen molar-refractivity contribution in [1.82, 2.24) is 9.62 Å². The minimum absolute atomic E-state index is 0.364. The van der Waals surface area contributed by atoms with E-state index in [0.29, 0.717) is 15.2 Å². The van der Waals surface area contributed by atoms with Gasteiger partial charge >= 0.3 is 0 Å². The molecule has 1 aliphatic heterocycles. The normalized spacial score (nSPS) is 18.4. The first-order valence-corrected chi connectivity index (χ1v) is 9.70. The van der Waals surface area contributed by atoms with Gasteiger partial charge in [-0.25, -0.2) is 13.1 Å². The van der Waals surface area contributed by atoms with Gasteiger partial charge in [0, 0.05) is 17.6 Å². The highest BCUT2D eigenvalue weighted by atomic mass is 79.9. The van der Waals surface area contributed by atoms with Crippen LogP contribution in [0.4, 0.5) is 0 Å². The van der Waals surface area contributed by atoms with Gasteiger partial charge in [-0.1, -0.05) is 12.8 Å². The van der Waals surface area contributed by atoms with Gasteiger partial charge in [0.05, 0.1) is 0 Å². The molecule has 0 unspecified atom stereocenters. The maximum Gasteiger partial charge on any atom is 0.251 e. The van der Waals surface area contributed by atoms with E-state index in [2.05, 4.69) is 25.6 Å². The summed E-state index contributed by atoms with van der Waals surface area (Å²) in [4.78, 5) is 2.35. The van der Waals surface area contributed by atoms with Crippen molar-refractivity contribution in [1.29, 1.82) is 0 Å². The van der Waals surface area contributed by atoms with Crippen molar-refractivity contribution in [2.45, 2.75) is 29.9 Å². The van der Waals surface area contributed by atoms with Crippen molar-refractivity contribution in [2.75, 3.05) is 26.2 Å². The van der Waals surface area contributed by atoms with E-state index in [9.17, 15) is 8.42 Å². The number of nitrogens with one attached hydrogen (secondary N) is 1. The molecule has 0 atom stereocenters. The molecule has 2 heterocycles. The van der Waals surface area contributed by atoms with Crippen molar-refractivity contribution < 1.29 is 8.42 Å². The molecule has 0 saturated carbocycles. The van der Waals surface area contributed by atoms with Crippen LogP contribution in [0.5, 0.6) is 0 Å². The van der Waals surface area contributed by atoms with E-state index >= 15 is 0 Å². The average Bonchev–Trinajstić information content (AvgIpc) is 2.63. The van der Waals surface area contributed by atoms with E-state index in [1.807, 2.05) is 0 Å². The molecule has 1 aromatic heterocycles. The summed E-state index contributed by atoms with van der Waals surface area (Å²) >= 11 is 4.50. The van der Waals surface area contributed by atoms with E-state index in [1.165, 1.54) is 37.0 Å². The zero-order valence-electron chi connectivity index (χ0n) is 10.8. The van der Waals surface area contributed by atoms with Gasteiger partial charge in [0.1, 0.15) is 4.21 Å². The summed E-state index contributed by atoms with van der Waals surface area (Å²) in [6.07, 6.45) is 5.04. The minimum Gasteiger partial charge on any atom is -0.302 e. The molecule has 1 N–H and O–H groups in total. The molecule has 0 bridgehead atoms. The van der Waals surface area contributed by atoms with Gasteiger partial charge in [0.2, 0.25) is 0 Å². The number of nitrogens with zero attached hydrogens (tertiary/aromatic N) is 1. The summed E-state index contributed by atoms with van der Waals surface area (Å²) in [5.41, 5.74) is 0. The smallest absolute Gasteiger partial charge is 0.251 e. The Labute approximate surface area is 127 Å². The second-order valence-electron chi connectivity index (χ2n) is 4.71. The average molecular weight is 367 g/mol. The van der Waals surface area contributed by atoms with Crippen LogP contribution in [0.1, 0.15) is 25.7 Å². The number of thiophene rings is 1. The molecule has 0 aliphatic carbocycles. The third kappa shape index (κ3) is 4.53. The van der Waals surface area contributed by atoms with E-state index in [4.69, 9.17) is 0 Å². The maximum atomic E-state index is 12.1. The van der Waals surface area contributed by atoms with Crippen LogP contribution in [-0.4, -0.2) is 39.5 Å². The molecular weight excluding hydrogens is 348 g/mol. The molecule has 1 fully saturated rings. The standard InChI is InChI=1S/C12H19BrN2O2S2/c13-11-5-10-18-12(11)19(16,17)14-6-9-15-7-3-1-2-4-8-15/h5,10,14H,1-4,6-9H2. The third-order valence-electron chi connectivity index (χ3n) is 3.25. The molecular formula is C12H19BrN2O2S2. The largest absolute Gasteiger partial charge is 0.302 e. The molecule has 7 heteroatoms. The molecule has 1 aliphatic rings. The van der Waals surface area contributed by atoms with Gasteiger partial charge in [-0.2, -0.15) is 0 Å². The SMILES string of the molecule is O=S(=O)(NCCN1CCCCCC1)c1sccc1Br. The molecule has 0 amide bonds. The van der Waals surface area contributed by atoms with Gasteiger partial charge < -0.3 is 4.90 Å². The van der Waals surface area contributed by atoms with E-state index in [0.717, 1.165) is 19.6 Å². The van der Waals surface area contributed by atoms with Crippen LogP contribution < -0.4 is 4.72 Å². The highest BCUT2D eigenvalue weighted by molar-refractivity contribution is 9.10. The summed E-state index contributed by atoms with van der Waals surface area (Å²) in [6, 6.07) is 1.76. The Morgan fingerprint density at radius 2 is 1.95 bits per heavy atom. The number of halogens is 1. The predicted octanol–water partition coefficient (Wildman–Crippen LogP) is 2.66. The van der Waals surface area contributed by atoms with Crippen LogP contribution in [0.15, 0.2) is 20.1 Å². The molecule has 0 radical (unpaired) electrons. The maximum absolute atomic E-state index is 12.1. The van der Waals surface area contributed by atoms with Crippen LogP contribution in [-0.2, 0) is 10.0 Å². The highest BCUT2D eigenvalue weighted by Gasteiger charge is 2.19. The number of hydrogen-bond acceptors (Lipinski definition) is 4. The first kappa shape index (κ1) is 15.4. The Kier molecular flexibility index (Phi) is 5.83. The molecule has 1 aromatic rings. The summed E-state index contributed by atoms with van der Waals surface area (Å²) < 4.78 is 27.8. The summed E-state index contributed by atoms with van der Waals surface area (Å²) in [6.45, 7) is 3.45. The Balaban J connectivity index is 1.83. The van der Waals surface area contributed by atoms with Gasteiger partial charge in [-0.3, -0.25) is 0 Å². The molecule has 1 saturated heterocycles. The first-order chi connectivity index (χ1) is 9.09. The third-order valence-corrected chi connectivity index (χ3v) is 7.38. The molecule has 0 aromatic carbocycles. The fourth-order valence-electron chi connectivity index (χ4n) is 2.24. The number of hydrogen-bond donors (Lipinski definition) is 1. The van der Waals surface area contributed by atoms with Crippen molar-refractivity contribution in [2.24, 2.45) is 0 Å². The highest BCUT2D eigenvalue weighted by Crippen LogP contribution is 2.27. The van der Waals surface area contributed by atoms with Crippen molar-refractivity contribution in [3.05, 3.63) is 15.9 Å². The van der Waals surface area contributed by atoms with Crippen LogP contribution in [0.3, 0.4) is 0 Å². The molecule has 4 nitrogen and oxygen atoms in total. The van der Waals surface area contributed by atoms with Gasteiger partial charge in [0.15, 0.2) is 0 Å². The Morgan fingerprint density at radius 3 is 2.53 bits per heavy atom. The van der Waals surface area contributed by atoms with Gasteiger partial charge in [-0.15, -0.1) is 11.3 Å². The van der Waals surface area contributed by atoms with Crippen LogP contribution in [0.2, 0.25) is 0 Å². The zero-order chi connectivity index (χ0) is 13.7. The lowest BCUT2D eigenvalue weighted by Gasteiger charge is -2.19. The quantitative estimate of drug-likeness (QED) is 0.871. The van der Waals surface area contributed by atoms with Gasteiger partial charge in [0.25, 0.3) is 10.0 Å². The van der Waals surface area contributed by atoms with Gasteiger partial charge in [-0.05, 0) is 53.3 Å². The van der Waals surface area contributed by atoms with Crippen LogP contribution in [0, 0.1) is 0 Å². The van der Waals surface area contributed by atoms with E-state index < -0.39 is 10.0 Å². The van der Waals surface area contributed by atoms with E-state index in [1.54, 1.807) is 11.4 Å². The number of likely N-dealkylation sites (tertiary alicyclic amines) is 1. The first-order valence-electron chi connectivity index (χ1n) is 6.54. The second-order valence-corrected chi connectivity index (χ2v) is 8.44. The Morgan fingerprint density at radius 1 is 1.26 bits per heavy atom. The Hall–Kier alpha value is 0.0500. The minimum atomic E-state index is -3.36. The molecule has 19 heavy (non-hydrogen) atoms. The zero-order valence-corrected chi connectivity index (χ0v) is 14.0. The number of rotatable bonds is 5. The Bertz CT molecular complexity index is 494. The molecule has 2 rings (SSSR count). The second kappa shape index (κ2) is 7.17. The monoisotopic (exact) mass is 366 g/mol. The predicted molar refractivity (Wildman–Crippen MR) is 82.1 cm³/mol. The van der Waals surface area contributed by atoms with Crippen molar-refractivity contribution in [3.8, 4) is 0 Å². The molecule has 0 spiro atoms. The fraction of sp³-hybridized carbons (Fsp3) is 0.667. The summed E-state index contributed by atoms with van der Waals surface area (Å²) in [5, 5.41) is 1.77. The topological polar surface area (TPSA) is 49.4 Å².